The normalized spacial score (nSPS) is 17.1. The fraction of sp³-hybridized carbons (Fsp3) is 0.375. The van der Waals surface area contributed by atoms with Gasteiger partial charge in [0.15, 0.2) is 5.82 Å². The molecule has 1 aromatic carbocycles. The minimum absolute atomic E-state index is 0.120. The topological polar surface area (TPSA) is 81.1 Å². The number of aromatic nitrogens is 2. The van der Waals surface area contributed by atoms with Crippen LogP contribution in [0.3, 0.4) is 0 Å². The Bertz CT molecular complexity index is 745. The Morgan fingerprint density at radius 3 is 2.67 bits per heavy atom. The third kappa shape index (κ3) is 3.91. The molecule has 1 aliphatic rings. The standard InChI is InChI=1S/C16H19ClFN5S/c1-16(20)4-6-23(7-5-16)13-9-21-15(14(19)22-13)24-12-3-2-10(18)8-11(12)17/h2-3,8-9H,4-7,20H2,1H3,(H2,19,22). The van der Waals surface area contributed by atoms with Gasteiger partial charge >= 0.3 is 0 Å². The molecule has 4 N–H and O–H groups in total. The molecule has 24 heavy (non-hydrogen) atoms. The first-order valence-electron chi connectivity index (χ1n) is 7.63. The van der Waals surface area contributed by atoms with E-state index >= 15 is 0 Å². The zero-order valence-electron chi connectivity index (χ0n) is 13.3. The van der Waals surface area contributed by atoms with E-state index in [9.17, 15) is 4.39 Å². The first-order valence-corrected chi connectivity index (χ1v) is 8.83. The van der Waals surface area contributed by atoms with Crippen LogP contribution in [0.5, 0.6) is 0 Å². The van der Waals surface area contributed by atoms with E-state index in [1.807, 2.05) is 0 Å². The molecule has 5 nitrogen and oxygen atoms in total. The lowest BCUT2D eigenvalue weighted by molar-refractivity contribution is 0.363. The number of anilines is 2. The lowest BCUT2D eigenvalue weighted by Crippen LogP contribution is -2.48. The summed E-state index contributed by atoms with van der Waals surface area (Å²) in [5.74, 6) is 0.701. The molecule has 1 saturated heterocycles. The Balaban J connectivity index is 1.75. The first-order chi connectivity index (χ1) is 11.3. The fourth-order valence-corrected chi connectivity index (χ4v) is 3.56. The van der Waals surface area contributed by atoms with Crippen molar-refractivity contribution in [3.8, 4) is 0 Å². The zero-order chi connectivity index (χ0) is 17.3. The Hall–Kier alpha value is -1.57. The van der Waals surface area contributed by atoms with Crippen molar-refractivity contribution in [3.05, 3.63) is 35.2 Å². The molecule has 2 heterocycles. The summed E-state index contributed by atoms with van der Waals surface area (Å²) in [5.41, 5.74) is 12.1. The fourth-order valence-electron chi connectivity index (χ4n) is 2.52. The van der Waals surface area contributed by atoms with E-state index in [-0.39, 0.29) is 11.4 Å². The zero-order valence-corrected chi connectivity index (χ0v) is 14.9. The van der Waals surface area contributed by atoms with Gasteiger partial charge in [0, 0.05) is 23.5 Å². The molecule has 0 unspecified atom stereocenters. The summed E-state index contributed by atoms with van der Waals surface area (Å²) < 4.78 is 13.1. The Morgan fingerprint density at radius 1 is 1.33 bits per heavy atom. The van der Waals surface area contributed by atoms with E-state index in [0.717, 1.165) is 31.7 Å². The van der Waals surface area contributed by atoms with E-state index < -0.39 is 0 Å². The molecule has 0 spiro atoms. The van der Waals surface area contributed by atoms with Crippen LogP contribution < -0.4 is 16.4 Å². The monoisotopic (exact) mass is 367 g/mol. The first kappa shape index (κ1) is 17.3. The van der Waals surface area contributed by atoms with Gasteiger partial charge in [-0.2, -0.15) is 0 Å². The average Bonchev–Trinajstić information content (AvgIpc) is 2.52. The third-order valence-electron chi connectivity index (χ3n) is 4.08. The van der Waals surface area contributed by atoms with E-state index in [2.05, 4.69) is 21.8 Å². The highest BCUT2D eigenvalue weighted by molar-refractivity contribution is 7.99. The maximum atomic E-state index is 13.1. The highest BCUT2D eigenvalue weighted by Crippen LogP contribution is 2.35. The minimum atomic E-state index is -0.379. The molecular weight excluding hydrogens is 349 g/mol. The Kier molecular flexibility index (Phi) is 4.85. The molecule has 0 atom stereocenters. The van der Waals surface area contributed by atoms with Crippen LogP contribution in [0.2, 0.25) is 5.02 Å². The molecule has 3 rings (SSSR count). The summed E-state index contributed by atoms with van der Waals surface area (Å²) in [6.07, 6.45) is 3.50. The SMILES string of the molecule is CC1(N)CCN(c2cnc(Sc3ccc(F)cc3Cl)c(N)n2)CC1. The maximum absolute atomic E-state index is 13.1. The van der Waals surface area contributed by atoms with Gasteiger partial charge in [0.25, 0.3) is 0 Å². The molecule has 0 bridgehead atoms. The van der Waals surface area contributed by atoms with E-state index in [4.69, 9.17) is 23.1 Å². The summed E-state index contributed by atoms with van der Waals surface area (Å²) in [7, 11) is 0. The van der Waals surface area contributed by atoms with Gasteiger partial charge in [-0.1, -0.05) is 23.4 Å². The summed E-state index contributed by atoms with van der Waals surface area (Å²) in [6.45, 7) is 3.73. The molecule has 0 amide bonds. The van der Waals surface area contributed by atoms with Crippen molar-refractivity contribution in [1.29, 1.82) is 0 Å². The molecule has 1 fully saturated rings. The van der Waals surface area contributed by atoms with Gasteiger partial charge in [-0.3, -0.25) is 0 Å². The Morgan fingerprint density at radius 2 is 2.04 bits per heavy atom. The van der Waals surface area contributed by atoms with Crippen molar-refractivity contribution in [2.24, 2.45) is 5.73 Å². The van der Waals surface area contributed by atoms with Gasteiger partial charge in [-0.15, -0.1) is 0 Å². The summed E-state index contributed by atoms with van der Waals surface area (Å²) in [4.78, 5) is 11.7. The van der Waals surface area contributed by atoms with Gasteiger partial charge < -0.3 is 16.4 Å². The van der Waals surface area contributed by atoms with Crippen LogP contribution in [0.1, 0.15) is 19.8 Å². The number of hydrogen-bond acceptors (Lipinski definition) is 6. The van der Waals surface area contributed by atoms with Crippen molar-refractivity contribution in [1.82, 2.24) is 9.97 Å². The van der Waals surface area contributed by atoms with Gasteiger partial charge in [0.05, 0.1) is 11.2 Å². The van der Waals surface area contributed by atoms with Crippen molar-refractivity contribution in [2.75, 3.05) is 23.7 Å². The van der Waals surface area contributed by atoms with Gasteiger partial charge in [-0.25, -0.2) is 14.4 Å². The lowest BCUT2D eigenvalue weighted by atomic mass is 9.91. The van der Waals surface area contributed by atoms with Crippen LogP contribution >= 0.6 is 23.4 Å². The summed E-state index contributed by atoms with van der Waals surface area (Å²) >= 11 is 7.31. The van der Waals surface area contributed by atoms with Crippen LogP contribution in [-0.2, 0) is 0 Å². The predicted octanol–water partition coefficient (Wildman–Crippen LogP) is 3.32. The maximum Gasteiger partial charge on any atom is 0.158 e. The quantitative estimate of drug-likeness (QED) is 0.866. The second kappa shape index (κ2) is 6.74. The molecule has 0 radical (unpaired) electrons. The number of halogens is 2. The highest BCUT2D eigenvalue weighted by Gasteiger charge is 2.26. The molecule has 0 aliphatic carbocycles. The number of hydrogen-bond donors (Lipinski definition) is 2. The molecule has 1 aliphatic heterocycles. The molecule has 2 aromatic rings. The number of benzene rings is 1. The van der Waals surface area contributed by atoms with Crippen molar-refractivity contribution >= 4 is 35.0 Å². The third-order valence-corrected chi connectivity index (χ3v) is 5.59. The van der Waals surface area contributed by atoms with E-state index in [0.29, 0.717) is 20.8 Å². The van der Waals surface area contributed by atoms with Crippen molar-refractivity contribution < 1.29 is 4.39 Å². The molecular formula is C16H19ClFN5S. The molecule has 1 aromatic heterocycles. The lowest BCUT2D eigenvalue weighted by Gasteiger charge is -2.37. The molecule has 8 heteroatoms. The van der Waals surface area contributed by atoms with Crippen LogP contribution in [0.25, 0.3) is 0 Å². The van der Waals surface area contributed by atoms with Crippen LogP contribution in [0.4, 0.5) is 16.0 Å². The minimum Gasteiger partial charge on any atom is -0.381 e. The second-order valence-corrected chi connectivity index (χ2v) is 7.67. The van der Waals surface area contributed by atoms with Gasteiger partial charge in [-0.05, 0) is 38.0 Å². The number of nitrogen functional groups attached to an aromatic ring is 1. The smallest absolute Gasteiger partial charge is 0.158 e. The Labute approximate surface area is 149 Å². The number of nitrogens with zero attached hydrogens (tertiary/aromatic N) is 3. The van der Waals surface area contributed by atoms with Crippen LogP contribution in [-0.4, -0.2) is 28.6 Å². The van der Waals surface area contributed by atoms with E-state index in [1.165, 1.54) is 23.9 Å². The number of piperidine rings is 1. The predicted molar refractivity (Wildman–Crippen MR) is 96.0 cm³/mol. The highest BCUT2D eigenvalue weighted by atomic mass is 35.5. The summed E-state index contributed by atoms with van der Waals surface area (Å²) in [5, 5.41) is 0.872. The van der Waals surface area contributed by atoms with Crippen LogP contribution in [0, 0.1) is 5.82 Å². The molecule has 128 valence electrons. The van der Waals surface area contributed by atoms with Crippen molar-refractivity contribution in [3.63, 3.8) is 0 Å². The van der Waals surface area contributed by atoms with Crippen molar-refractivity contribution in [2.45, 2.75) is 35.2 Å². The number of nitrogens with two attached hydrogens (primary N) is 2. The number of rotatable bonds is 3. The average molecular weight is 368 g/mol. The molecule has 0 saturated carbocycles. The van der Waals surface area contributed by atoms with Crippen LogP contribution in [0.15, 0.2) is 34.3 Å². The summed E-state index contributed by atoms with van der Waals surface area (Å²) in [6, 6.07) is 4.22. The van der Waals surface area contributed by atoms with E-state index in [1.54, 1.807) is 12.3 Å². The second-order valence-electron chi connectivity index (χ2n) is 6.24. The largest absolute Gasteiger partial charge is 0.381 e. The van der Waals surface area contributed by atoms with Gasteiger partial charge in [0.1, 0.15) is 16.7 Å². The van der Waals surface area contributed by atoms with Gasteiger partial charge in [0.2, 0.25) is 0 Å².